The van der Waals surface area contributed by atoms with Crippen molar-refractivity contribution in [3.63, 3.8) is 0 Å². The first-order valence-corrected chi connectivity index (χ1v) is 5.14. The number of benzene rings is 1. The molecule has 88 valence electrons. The second-order valence-electron chi connectivity index (χ2n) is 3.54. The summed E-state index contributed by atoms with van der Waals surface area (Å²) in [5.41, 5.74) is 2.00. The molecule has 1 aromatic heterocycles. The van der Waals surface area contributed by atoms with Crippen LogP contribution < -0.4 is 0 Å². The number of carboxylic acids is 1. The first-order valence-electron chi connectivity index (χ1n) is 5.14. The number of carbonyl (C=O) groups is 1. The molecule has 0 radical (unpaired) electrons. The van der Waals surface area contributed by atoms with Gasteiger partial charge in [0.05, 0.1) is 23.7 Å². The number of nitrogens with zero attached hydrogens (tertiary/aromatic N) is 3. The molecule has 0 aliphatic heterocycles. The Morgan fingerprint density at radius 3 is 2.72 bits per heavy atom. The van der Waals surface area contributed by atoms with Crippen LogP contribution in [-0.2, 0) is 4.79 Å². The van der Waals surface area contributed by atoms with Gasteiger partial charge in [0.25, 0.3) is 0 Å². The smallest absolute Gasteiger partial charge is 0.328 e. The Bertz CT molecular complexity index is 633. The molecule has 2 rings (SSSR count). The first-order chi connectivity index (χ1) is 8.69. The van der Waals surface area contributed by atoms with Crippen LogP contribution in [0.25, 0.3) is 11.8 Å². The van der Waals surface area contributed by atoms with E-state index < -0.39 is 5.97 Å². The van der Waals surface area contributed by atoms with Crippen molar-refractivity contribution >= 4 is 12.0 Å². The molecule has 0 aliphatic rings. The predicted molar refractivity (Wildman–Crippen MR) is 64.9 cm³/mol. The summed E-state index contributed by atoms with van der Waals surface area (Å²) in [6.07, 6.45) is 5.75. The Hall–Kier alpha value is -2.87. The summed E-state index contributed by atoms with van der Waals surface area (Å²) in [6.45, 7) is 0. The fourth-order valence-electron chi connectivity index (χ4n) is 1.43. The van der Waals surface area contributed by atoms with Crippen molar-refractivity contribution in [3.05, 3.63) is 54.1 Å². The lowest BCUT2D eigenvalue weighted by Crippen LogP contribution is -1.89. The van der Waals surface area contributed by atoms with Crippen LogP contribution in [0.15, 0.2) is 42.9 Å². The van der Waals surface area contributed by atoms with Gasteiger partial charge in [-0.1, -0.05) is 0 Å². The predicted octanol–water partition coefficient (Wildman–Crippen LogP) is 1.84. The van der Waals surface area contributed by atoms with Crippen molar-refractivity contribution in [2.24, 2.45) is 0 Å². The van der Waals surface area contributed by atoms with Crippen molar-refractivity contribution in [1.82, 2.24) is 9.55 Å². The molecule has 0 bridgehead atoms. The van der Waals surface area contributed by atoms with Crippen LogP contribution in [0.1, 0.15) is 11.3 Å². The number of aliphatic carboxylic acids is 1. The van der Waals surface area contributed by atoms with E-state index in [1.807, 2.05) is 6.07 Å². The molecule has 0 saturated heterocycles. The molecular weight excluding hydrogens is 230 g/mol. The minimum absolute atomic E-state index is 0.557. The summed E-state index contributed by atoms with van der Waals surface area (Å²) in [5, 5.41) is 17.2. The van der Waals surface area contributed by atoms with E-state index in [2.05, 4.69) is 4.98 Å². The Balaban J connectivity index is 2.24. The van der Waals surface area contributed by atoms with Crippen molar-refractivity contribution in [1.29, 1.82) is 5.26 Å². The Morgan fingerprint density at radius 1 is 1.39 bits per heavy atom. The number of carboxylic acid groups (broad SMARTS) is 1. The van der Waals surface area contributed by atoms with Gasteiger partial charge in [0.2, 0.25) is 0 Å². The molecule has 0 fully saturated rings. The van der Waals surface area contributed by atoms with E-state index in [4.69, 9.17) is 10.4 Å². The minimum Gasteiger partial charge on any atom is -0.478 e. The maximum absolute atomic E-state index is 10.4. The molecule has 2 aromatic rings. The highest BCUT2D eigenvalue weighted by Crippen LogP contribution is 2.10. The average molecular weight is 239 g/mol. The van der Waals surface area contributed by atoms with Crippen LogP contribution in [0.2, 0.25) is 0 Å². The molecule has 5 heteroatoms. The molecule has 0 unspecified atom stereocenters. The van der Waals surface area contributed by atoms with Gasteiger partial charge in [-0.15, -0.1) is 0 Å². The lowest BCUT2D eigenvalue weighted by atomic mass is 10.2. The summed E-state index contributed by atoms with van der Waals surface area (Å²) in [5.74, 6) is -1.01. The summed E-state index contributed by atoms with van der Waals surface area (Å²) >= 11 is 0. The zero-order chi connectivity index (χ0) is 13.0. The van der Waals surface area contributed by atoms with Gasteiger partial charge in [-0.3, -0.25) is 0 Å². The van der Waals surface area contributed by atoms with E-state index >= 15 is 0 Å². The van der Waals surface area contributed by atoms with Gasteiger partial charge < -0.3 is 9.67 Å². The highest BCUT2D eigenvalue weighted by molar-refractivity contribution is 5.84. The van der Waals surface area contributed by atoms with Gasteiger partial charge in [-0.2, -0.15) is 5.26 Å². The van der Waals surface area contributed by atoms with E-state index in [1.165, 1.54) is 6.08 Å². The van der Waals surface area contributed by atoms with Crippen LogP contribution in [0.3, 0.4) is 0 Å². The summed E-state index contributed by atoms with van der Waals surface area (Å²) in [6, 6.07) is 9.06. The third kappa shape index (κ3) is 2.62. The molecule has 1 heterocycles. The Kier molecular flexibility index (Phi) is 3.21. The van der Waals surface area contributed by atoms with Gasteiger partial charge in [-0.25, -0.2) is 9.78 Å². The van der Waals surface area contributed by atoms with Crippen molar-refractivity contribution in [2.75, 3.05) is 0 Å². The zero-order valence-electron chi connectivity index (χ0n) is 9.32. The number of hydrogen-bond acceptors (Lipinski definition) is 3. The van der Waals surface area contributed by atoms with E-state index in [0.29, 0.717) is 11.3 Å². The van der Waals surface area contributed by atoms with Crippen molar-refractivity contribution in [3.8, 4) is 11.8 Å². The highest BCUT2D eigenvalue weighted by Gasteiger charge is 1.99. The molecule has 0 amide bonds. The van der Waals surface area contributed by atoms with Gasteiger partial charge in [0.1, 0.15) is 0 Å². The number of hydrogen-bond donors (Lipinski definition) is 1. The summed E-state index contributed by atoms with van der Waals surface area (Å²) in [7, 11) is 0. The van der Waals surface area contributed by atoms with Crippen LogP contribution in [0.5, 0.6) is 0 Å². The molecule has 0 spiro atoms. The lowest BCUT2D eigenvalue weighted by molar-refractivity contribution is -0.131. The third-order valence-corrected chi connectivity index (χ3v) is 2.29. The Morgan fingerprint density at radius 2 is 2.11 bits per heavy atom. The normalized spacial score (nSPS) is 10.4. The van der Waals surface area contributed by atoms with Gasteiger partial charge >= 0.3 is 5.97 Å². The number of imidazole rings is 1. The zero-order valence-corrected chi connectivity index (χ0v) is 9.32. The standard InChI is InChI=1S/C13H9N3O2/c14-7-10-1-4-12(5-2-10)16-8-11(15-9-16)3-6-13(17)18/h1-6,8-9H,(H,17,18)/b6-3+. The van der Waals surface area contributed by atoms with Gasteiger partial charge in [-0.05, 0) is 30.3 Å². The fraction of sp³-hybridized carbons (Fsp3) is 0. The van der Waals surface area contributed by atoms with Crippen LogP contribution in [0, 0.1) is 11.3 Å². The SMILES string of the molecule is N#Cc1ccc(-n2cnc(/C=C/C(=O)O)c2)cc1. The first kappa shape index (κ1) is 11.6. The average Bonchev–Trinajstić information content (AvgIpc) is 2.85. The molecule has 0 aliphatic carbocycles. The van der Waals surface area contributed by atoms with Gasteiger partial charge in [0, 0.05) is 18.0 Å². The second-order valence-corrected chi connectivity index (χ2v) is 3.54. The van der Waals surface area contributed by atoms with E-state index in [1.54, 1.807) is 41.4 Å². The topological polar surface area (TPSA) is 78.9 Å². The molecule has 1 N–H and O–H groups in total. The lowest BCUT2D eigenvalue weighted by Gasteiger charge is -2.00. The molecule has 18 heavy (non-hydrogen) atoms. The number of nitriles is 1. The molecule has 0 saturated carbocycles. The number of rotatable bonds is 3. The van der Waals surface area contributed by atoms with Gasteiger partial charge in [0.15, 0.2) is 0 Å². The summed E-state index contributed by atoms with van der Waals surface area (Å²) in [4.78, 5) is 14.4. The van der Waals surface area contributed by atoms with E-state index in [-0.39, 0.29) is 0 Å². The van der Waals surface area contributed by atoms with E-state index in [9.17, 15) is 4.79 Å². The largest absolute Gasteiger partial charge is 0.478 e. The van der Waals surface area contributed by atoms with Crippen LogP contribution in [-0.4, -0.2) is 20.6 Å². The minimum atomic E-state index is -1.01. The van der Waals surface area contributed by atoms with Crippen LogP contribution in [0.4, 0.5) is 0 Å². The molecular formula is C13H9N3O2. The molecule has 0 atom stereocenters. The maximum atomic E-state index is 10.4. The molecule has 5 nitrogen and oxygen atoms in total. The van der Waals surface area contributed by atoms with Crippen molar-refractivity contribution < 1.29 is 9.90 Å². The third-order valence-electron chi connectivity index (χ3n) is 2.29. The monoisotopic (exact) mass is 239 g/mol. The highest BCUT2D eigenvalue weighted by atomic mass is 16.4. The second kappa shape index (κ2) is 4.97. The van der Waals surface area contributed by atoms with Crippen LogP contribution >= 0.6 is 0 Å². The fourth-order valence-corrected chi connectivity index (χ4v) is 1.43. The quantitative estimate of drug-likeness (QED) is 0.829. The van der Waals surface area contributed by atoms with Crippen molar-refractivity contribution in [2.45, 2.75) is 0 Å². The summed E-state index contributed by atoms with van der Waals surface area (Å²) < 4.78 is 1.75. The number of aromatic nitrogens is 2. The van der Waals surface area contributed by atoms with E-state index in [0.717, 1.165) is 11.8 Å². The molecule has 1 aromatic carbocycles. The Labute approximate surface area is 103 Å². The maximum Gasteiger partial charge on any atom is 0.328 e.